The molecule has 0 bridgehead atoms. The Bertz CT molecular complexity index is 49.7. The van der Waals surface area contributed by atoms with E-state index in [1.54, 1.807) is 0 Å². The quantitative estimate of drug-likeness (QED) is 0.486. The van der Waals surface area contributed by atoms with Gasteiger partial charge in [0, 0.05) is 0 Å². The van der Waals surface area contributed by atoms with Crippen molar-refractivity contribution in [3.05, 3.63) is 0 Å². The first kappa shape index (κ1) is 22.6. The third-order valence-corrected chi connectivity index (χ3v) is 0. The normalized spacial score (nSPS) is 3.60. The van der Waals surface area contributed by atoms with Gasteiger partial charge in [0.05, 0.1) is 0 Å². The minimum atomic E-state index is 0. The molecule has 0 saturated heterocycles. The molecule has 0 aliphatic heterocycles. The largest absolute Gasteiger partial charge is 3.00 e. The Morgan fingerprint density at radius 2 is 0.700 bits per heavy atom. The first-order chi connectivity index (χ1) is 4.24. The molecule has 0 aliphatic carbocycles. The standard InChI is InChI=1S/3CHO2.Er/c3*2-1-3;/h3*(H,2,3);/q3*-1;+3. The van der Waals surface area contributed by atoms with Crippen molar-refractivity contribution in [2.75, 3.05) is 0 Å². The second kappa shape index (κ2) is 71.9. The zero-order chi connectivity index (χ0) is 8.12. The molecular formula is C3H3ErO6. The Labute approximate surface area is 86.1 Å². The van der Waals surface area contributed by atoms with Crippen LogP contribution in [0.1, 0.15) is 0 Å². The van der Waals surface area contributed by atoms with E-state index in [9.17, 15) is 0 Å². The van der Waals surface area contributed by atoms with Gasteiger partial charge in [0.15, 0.2) is 0 Å². The number of hydrogen-bond donors (Lipinski definition) is 3. The summed E-state index contributed by atoms with van der Waals surface area (Å²) >= 11 is 0. The number of rotatable bonds is 0. The van der Waals surface area contributed by atoms with Gasteiger partial charge in [-0.1, -0.05) is 19.4 Å². The van der Waals surface area contributed by atoms with Crippen LogP contribution in [0.25, 0.3) is 0 Å². The Hall–Kier alpha value is -0.343. The van der Waals surface area contributed by atoms with Crippen molar-refractivity contribution in [1.82, 2.24) is 0 Å². The van der Waals surface area contributed by atoms with Crippen molar-refractivity contribution < 1.29 is 67.0 Å². The number of aliphatic hydroxyl groups excluding tert-OH is 3. The molecule has 0 aliphatic rings. The fourth-order valence-corrected chi connectivity index (χ4v) is 0. The monoisotopic (exact) mass is 301 g/mol. The summed E-state index contributed by atoms with van der Waals surface area (Å²) in [6.07, 6.45) is 0. The maximum absolute atomic E-state index is 8.24. The summed E-state index contributed by atoms with van der Waals surface area (Å²) in [6, 6.07) is 0. The zero-order valence-electron chi connectivity index (χ0n) is 4.36. The van der Waals surface area contributed by atoms with E-state index in [2.05, 4.69) is 0 Å². The van der Waals surface area contributed by atoms with Gasteiger partial charge in [-0.25, -0.2) is 0 Å². The number of hydrogen-bond acceptors (Lipinski definition) is 3. The van der Waals surface area contributed by atoms with E-state index >= 15 is 0 Å². The third kappa shape index (κ3) is 2880. The van der Waals surface area contributed by atoms with Crippen LogP contribution in [0.3, 0.4) is 0 Å². The van der Waals surface area contributed by atoms with Gasteiger partial charge in [0.25, 0.3) is 0 Å². The molecule has 0 heterocycles. The van der Waals surface area contributed by atoms with Crippen LogP contribution in [0.5, 0.6) is 0 Å². The Morgan fingerprint density at radius 1 is 0.700 bits per heavy atom. The molecule has 3 N–H and O–H groups in total. The Morgan fingerprint density at radius 3 is 0.700 bits per heavy atom. The summed E-state index contributed by atoms with van der Waals surface area (Å²) in [5.41, 5.74) is 0. The topological polar surface area (TPSA) is 112 Å². The molecule has 0 rings (SSSR count). The zero-order valence-corrected chi connectivity index (χ0v) is 6.21. The van der Waals surface area contributed by atoms with Crippen molar-refractivity contribution in [2.45, 2.75) is 0 Å². The SMILES string of the molecule is O=[C-]O.O=[C-]O.O=[C-]O.[Er+3]. The van der Waals surface area contributed by atoms with E-state index in [4.69, 9.17) is 29.7 Å². The van der Waals surface area contributed by atoms with E-state index in [1.165, 1.54) is 0 Å². The summed E-state index contributed by atoms with van der Waals surface area (Å²) in [4.78, 5) is 24.7. The molecule has 0 fully saturated rings. The summed E-state index contributed by atoms with van der Waals surface area (Å²) in [5, 5.41) is 20.3. The fraction of sp³-hybridized carbons (Fsp3) is 0. The summed E-state index contributed by atoms with van der Waals surface area (Å²) in [5.74, 6) is 0. The predicted octanol–water partition coefficient (Wildman–Crippen LogP) is -1.17. The summed E-state index contributed by atoms with van der Waals surface area (Å²) in [7, 11) is 0. The van der Waals surface area contributed by atoms with Crippen LogP contribution in [-0.4, -0.2) is 34.7 Å². The van der Waals surface area contributed by atoms with Gasteiger partial charge in [0.1, 0.15) is 0 Å². The molecule has 0 spiro atoms. The van der Waals surface area contributed by atoms with Crippen LogP contribution in [0.15, 0.2) is 0 Å². The van der Waals surface area contributed by atoms with Gasteiger partial charge in [-0.3, -0.25) is 0 Å². The second-order valence-corrected chi connectivity index (χ2v) is 0.274. The van der Waals surface area contributed by atoms with Crippen LogP contribution in [0.2, 0.25) is 0 Å². The first-order valence-electron chi connectivity index (χ1n) is 1.28. The maximum atomic E-state index is 8.24. The fourth-order valence-electron chi connectivity index (χ4n) is 0. The average Bonchev–Trinajstić information content (AvgIpc) is 1.70. The molecule has 1 radical (unpaired) electrons. The summed E-state index contributed by atoms with van der Waals surface area (Å²) < 4.78 is 0. The first-order valence-corrected chi connectivity index (χ1v) is 1.28. The van der Waals surface area contributed by atoms with Gasteiger partial charge >= 0.3 is 37.3 Å². The molecule has 0 atom stereocenters. The minimum Gasteiger partial charge on any atom is -0.665 e. The van der Waals surface area contributed by atoms with E-state index in [0.29, 0.717) is 19.4 Å². The van der Waals surface area contributed by atoms with Gasteiger partial charge in [-0.05, 0) is 0 Å². The minimum absolute atomic E-state index is 0. The Kier molecular flexibility index (Phi) is 163. The molecule has 0 amide bonds. The molecule has 0 aromatic carbocycles. The second-order valence-electron chi connectivity index (χ2n) is 0.274. The molecular weight excluding hydrogens is 299 g/mol. The van der Waals surface area contributed by atoms with Crippen molar-refractivity contribution in [1.29, 1.82) is 0 Å². The van der Waals surface area contributed by atoms with E-state index in [1.807, 2.05) is 0 Å². The predicted molar refractivity (Wildman–Crippen MR) is 25.0 cm³/mol. The van der Waals surface area contributed by atoms with Gasteiger partial charge < -0.3 is 29.7 Å². The molecule has 10 heavy (non-hydrogen) atoms. The molecule has 0 aromatic heterocycles. The molecule has 0 aromatic rings. The van der Waals surface area contributed by atoms with E-state index in [-0.39, 0.29) is 37.3 Å². The third-order valence-electron chi connectivity index (χ3n) is 0. The van der Waals surface area contributed by atoms with Crippen LogP contribution in [-0.2, 0) is 14.4 Å². The van der Waals surface area contributed by atoms with Crippen LogP contribution in [0.4, 0.5) is 0 Å². The molecule has 63 valence electrons. The van der Waals surface area contributed by atoms with Crippen molar-refractivity contribution in [3.8, 4) is 0 Å². The average molecular weight is 302 g/mol. The van der Waals surface area contributed by atoms with Crippen molar-refractivity contribution in [3.63, 3.8) is 0 Å². The molecule has 0 saturated carbocycles. The molecule has 6 nitrogen and oxygen atoms in total. The maximum Gasteiger partial charge on any atom is 3.00 e. The Balaban J connectivity index is -0.0000000257. The molecule has 0 unspecified atom stereocenters. The van der Waals surface area contributed by atoms with Crippen molar-refractivity contribution in [2.24, 2.45) is 0 Å². The van der Waals surface area contributed by atoms with Crippen LogP contribution in [0, 0.1) is 37.3 Å². The van der Waals surface area contributed by atoms with Crippen LogP contribution < -0.4 is 0 Å². The smallest absolute Gasteiger partial charge is 0.665 e. The van der Waals surface area contributed by atoms with E-state index < -0.39 is 0 Å². The summed E-state index contributed by atoms with van der Waals surface area (Å²) in [6.45, 7) is 1.50. The van der Waals surface area contributed by atoms with Crippen LogP contribution >= 0.6 is 0 Å². The van der Waals surface area contributed by atoms with Crippen molar-refractivity contribution >= 4 is 19.4 Å². The van der Waals surface area contributed by atoms with E-state index in [0.717, 1.165) is 0 Å². The molecule has 7 heteroatoms. The van der Waals surface area contributed by atoms with Gasteiger partial charge in [-0.2, -0.15) is 0 Å². The van der Waals surface area contributed by atoms with Gasteiger partial charge in [-0.15, -0.1) is 0 Å². The van der Waals surface area contributed by atoms with Gasteiger partial charge in [0.2, 0.25) is 0 Å².